The van der Waals surface area contributed by atoms with E-state index in [1.54, 1.807) is 24.3 Å². The summed E-state index contributed by atoms with van der Waals surface area (Å²) in [5, 5.41) is 0. The summed E-state index contributed by atoms with van der Waals surface area (Å²) in [5.74, 6) is -4.47. The molecule has 0 aliphatic carbocycles. The minimum Gasteiger partial charge on any atom is -0.459 e. The molecule has 0 aliphatic heterocycles. The summed E-state index contributed by atoms with van der Waals surface area (Å²) in [7, 11) is 0. The average molecular weight is 444 g/mol. The van der Waals surface area contributed by atoms with Crippen LogP contribution >= 0.6 is 0 Å². The van der Waals surface area contributed by atoms with Crippen molar-refractivity contribution in [3.05, 3.63) is 95.8 Å². The second-order valence-corrected chi connectivity index (χ2v) is 6.91. The molecule has 0 aliphatic rings. The van der Waals surface area contributed by atoms with Gasteiger partial charge in [-0.2, -0.15) is 0 Å². The first-order valence-electron chi connectivity index (χ1n) is 9.89. The predicted octanol–water partition coefficient (Wildman–Crippen LogP) is 6.96. The summed E-state index contributed by atoms with van der Waals surface area (Å²) in [6.07, 6.45) is 0.0572. The number of esters is 1. The van der Waals surface area contributed by atoms with Crippen LogP contribution in [0.5, 0.6) is 11.5 Å². The van der Waals surface area contributed by atoms with Crippen molar-refractivity contribution in [3.63, 3.8) is 0 Å². The Kier molecular flexibility index (Phi) is 7.65. The molecule has 0 aromatic heterocycles. The molecule has 0 saturated carbocycles. The zero-order valence-corrected chi connectivity index (χ0v) is 17.2. The SMILES string of the molecule is CCCc1ccc(-c2ccc(C(=O)Oc3cc(F)c(OC=CC(F)F)c(F)c3)cc2)cc1. The van der Waals surface area contributed by atoms with Gasteiger partial charge in [0.15, 0.2) is 17.4 Å². The molecule has 3 aromatic rings. The monoisotopic (exact) mass is 444 g/mol. The van der Waals surface area contributed by atoms with E-state index in [0.29, 0.717) is 12.3 Å². The fraction of sp³-hybridized carbons (Fsp3) is 0.160. The third-order valence-corrected chi connectivity index (χ3v) is 4.54. The summed E-state index contributed by atoms with van der Waals surface area (Å²) < 4.78 is 61.8. The van der Waals surface area contributed by atoms with Gasteiger partial charge in [0.2, 0.25) is 0 Å². The molecule has 3 aromatic carbocycles. The van der Waals surface area contributed by atoms with Gasteiger partial charge in [-0.05, 0) is 35.2 Å². The zero-order valence-electron chi connectivity index (χ0n) is 17.2. The first-order chi connectivity index (χ1) is 15.4. The summed E-state index contributed by atoms with van der Waals surface area (Å²) >= 11 is 0. The Bertz CT molecular complexity index is 1070. The summed E-state index contributed by atoms with van der Waals surface area (Å²) in [4.78, 5) is 12.3. The third kappa shape index (κ3) is 5.97. The van der Waals surface area contributed by atoms with E-state index < -0.39 is 29.8 Å². The number of allylic oxidation sites excluding steroid dienone is 1. The lowest BCUT2D eigenvalue weighted by Crippen LogP contribution is -2.09. The van der Waals surface area contributed by atoms with E-state index in [1.807, 2.05) is 12.1 Å². The maximum atomic E-state index is 14.0. The lowest BCUT2D eigenvalue weighted by molar-refractivity contribution is 0.0733. The Morgan fingerprint density at radius 3 is 2.03 bits per heavy atom. The predicted molar refractivity (Wildman–Crippen MR) is 113 cm³/mol. The molecular formula is C25H20F4O3. The molecule has 0 bridgehead atoms. The molecule has 0 amide bonds. The van der Waals surface area contributed by atoms with Crippen LogP contribution in [0, 0.1) is 11.6 Å². The van der Waals surface area contributed by atoms with Gasteiger partial charge in [0, 0.05) is 18.2 Å². The van der Waals surface area contributed by atoms with Crippen LogP contribution in [0.2, 0.25) is 0 Å². The maximum absolute atomic E-state index is 14.0. The Labute approximate surface area is 182 Å². The van der Waals surface area contributed by atoms with Gasteiger partial charge in [-0.3, -0.25) is 0 Å². The maximum Gasteiger partial charge on any atom is 0.343 e. The fourth-order valence-corrected chi connectivity index (χ4v) is 2.99. The summed E-state index contributed by atoms with van der Waals surface area (Å²) in [6.45, 7) is 2.12. The second kappa shape index (κ2) is 10.6. The molecule has 0 unspecified atom stereocenters. The Balaban J connectivity index is 1.69. The van der Waals surface area contributed by atoms with Crippen molar-refractivity contribution in [2.24, 2.45) is 0 Å². The van der Waals surface area contributed by atoms with E-state index in [4.69, 9.17) is 4.74 Å². The highest BCUT2D eigenvalue weighted by Crippen LogP contribution is 2.28. The van der Waals surface area contributed by atoms with Gasteiger partial charge < -0.3 is 9.47 Å². The van der Waals surface area contributed by atoms with E-state index in [2.05, 4.69) is 23.8 Å². The average Bonchev–Trinajstić information content (AvgIpc) is 2.76. The molecule has 0 saturated heterocycles. The van der Waals surface area contributed by atoms with Crippen LogP contribution in [0.1, 0.15) is 29.3 Å². The smallest absolute Gasteiger partial charge is 0.343 e. The summed E-state index contributed by atoms with van der Waals surface area (Å²) in [5.41, 5.74) is 3.33. The van der Waals surface area contributed by atoms with Crippen LogP contribution in [0.4, 0.5) is 17.6 Å². The number of rotatable bonds is 8. The number of hydrogen-bond acceptors (Lipinski definition) is 3. The van der Waals surface area contributed by atoms with E-state index in [0.717, 1.165) is 36.1 Å². The van der Waals surface area contributed by atoms with Crippen LogP contribution < -0.4 is 9.47 Å². The second-order valence-electron chi connectivity index (χ2n) is 6.91. The van der Waals surface area contributed by atoms with Crippen LogP contribution in [-0.4, -0.2) is 12.4 Å². The third-order valence-electron chi connectivity index (χ3n) is 4.54. The van der Waals surface area contributed by atoms with Gasteiger partial charge in [0.25, 0.3) is 6.43 Å². The summed E-state index contributed by atoms with van der Waals surface area (Å²) in [6, 6.07) is 16.2. The van der Waals surface area contributed by atoms with Crippen molar-refractivity contribution in [1.29, 1.82) is 0 Å². The standard InChI is InChI=1S/C25H20F4O3/c1-2-3-16-4-6-17(7-5-16)18-8-10-19(11-9-18)25(30)32-20-14-21(26)24(22(27)15-20)31-13-12-23(28)29/h4-15,23H,2-3H2,1H3. The highest BCUT2D eigenvalue weighted by molar-refractivity contribution is 5.91. The van der Waals surface area contributed by atoms with E-state index >= 15 is 0 Å². The number of halogens is 4. The molecule has 7 heteroatoms. The molecule has 0 fully saturated rings. The van der Waals surface area contributed by atoms with Crippen LogP contribution in [0.15, 0.2) is 73.0 Å². The first kappa shape index (κ1) is 23.1. The number of alkyl halides is 2. The minimum absolute atomic E-state index is 0.192. The fourth-order valence-electron chi connectivity index (χ4n) is 2.99. The quantitative estimate of drug-likeness (QED) is 0.163. The normalized spacial score (nSPS) is 11.2. The number of ether oxygens (including phenoxy) is 2. The molecule has 0 spiro atoms. The lowest BCUT2D eigenvalue weighted by Gasteiger charge is -2.09. The molecule has 0 radical (unpaired) electrons. The van der Waals surface area contributed by atoms with Gasteiger partial charge in [-0.15, -0.1) is 0 Å². The van der Waals surface area contributed by atoms with Crippen molar-refractivity contribution < 1.29 is 31.8 Å². The van der Waals surface area contributed by atoms with Crippen molar-refractivity contribution in [3.8, 4) is 22.6 Å². The van der Waals surface area contributed by atoms with Crippen molar-refractivity contribution >= 4 is 5.97 Å². The van der Waals surface area contributed by atoms with E-state index in [9.17, 15) is 22.4 Å². The van der Waals surface area contributed by atoms with Crippen molar-refractivity contribution in [2.45, 2.75) is 26.2 Å². The molecule has 3 rings (SSSR count). The van der Waals surface area contributed by atoms with Crippen LogP contribution in [-0.2, 0) is 6.42 Å². The Morgan fingerprint density at radius 1 is 0.938 bits per heavy atom. The topological polar surface area (TPSA) is 35.5 Å². The van der Waals surface area contributed by atoms with Crippen molar-refractivity contribution in [2.75, 3.05) is 0 Å². The molecule has 3 nitrogen and oxygen atoms in total. The largest absolute Gasteiger partial charge is 0.459 e. The highest BCUT2D eigenvalue weighted by Gasteiger charge is 2.16. The van der Waals surface area contributed by atoms with Crippen LogP contribution in [0.3, 0.4) is 0 Å². The van der Waals surface area contributed by atoms with Gasteiger partial charge in [0.1, 0.15) is 5.75 Å². The molecular weight excluding hydrogens is 424 g/mol. The van der Waals surface area contributed by atoms with Crippen molar-refractivity contribution in [1.82, 2.24) is 0 Å². The van der Waals surface area contributed by atoms with Gasteiger partial charge in [-0.1, -0.05) is 49.7 Å². The zero-order chi connectivity index (χ0) is 23.1. The number of aryl methyl sites for hydroxylation is 1. The Hall–Kier alpha value is -3.61. The number of carbonyl (C=O) groups excluding carboxylic acids is 1. The molecule has 0 atom stereocenters. The minimum atomic E-state index is -2.83. The molecule has 0 heterocycles. The Morgan fingerprint density at radius 2 is 1.50 bits per heavy atom. The van der Waals surface area contributed by atoms with Gasteiger partial charge in [-0.25, -0.2) is 22.4 Å². The van der Waals surface area contributed by atoms with E-state index in [1.165, 1.54) is 5.56 Å². The first-order valence-corrected chi connectivity index (χ1v) is 9.89. The van der Waals surface area contributed by atoms with E-state index in [-0.39, 0.29) is 11.3 Å². The molecule has 166 valence electrons. The number of hydrogen-bond donors (Lipinski definition) is 0. The lowest BCUT2D eigenvalue weighted by atomic mass is 10.0. The number of benzene rings is 3. The highest BCUT2D eigenvalue weighted by atomic mass is 19.3. The van der Waals surface area contributed by atoms with Crippen LogP contribution in [0.25, 0.3) is 11.1 Å². The van der Waals surface area contributed by atoms with Gasteiger partial charge in [0.05, 0.1) is 11.8 Å². The molecule has 0 N–H and O–H groups in total. The number of carbonyl (C=O) groups is 1. The van der Waals surface area contributed by atoms with Gasteiger partial charge >= 0.3 is 5.97 Å². The molecule has 32 heavy (non-hydrogen) atoms.